The zero-order valence-corrected chi connectivity index (χ0v) is 21.9. The molecule has 0 aliphatic carbocycles. The first-order valence-electron chi connectivity index (χ1n) is 11.3. The smallest absolute Gasteiger partial charge is 0.273 e. The lowest BCUT2D eigenvalue weighted by Crippen LogP contribution is -2.44. The molecular formula is C23H27N5O3S3. The maximum atomic E-state index is 13.3. The summed E-state index contributed by atoms with van der Waals surface area (Å²) in [4.78, 5) is 20.9. The van der Waals surface area contributed by atoms with E-state index in [1.165, 1.54) is 22.9 Å². The van der Waals surface area contributed by atoms with Crippen molar-refractivity contribution in [3.05, 3.63) is 46.1 Å². The average Bonchev–Trinajstić information content (AvgIpc) is 3.55. The second kappa shape index (κ2) is 8.78. The third-order valence-corrected chi connectivity index (χ3v) is 10.9. The van der Waals surface area contributed by atoms with Gasteiger partial charge in [-0.2, -0.15) is 4.31 Å². The first-order valence-corrected chi connectivity index (χ1v) is 14.4. The first-order chi connectivity index (χ1) is 16.2. The maximum Gasteiger partial charge on any atom is 0.273 e. The summed E-state index contributed by atoms with van der Waals surface area (Å²) in [7, 11) is -3.52. The highest BCUT2D eigenvalue weighted by Gasteiger charge is 2.44. The van der Waals surface area contributed by atoms with Crippen molar-refractivity contribution in [1.82, 2.24) is 23.8 Å². The van der Waals surface area contributed by atoms with Gasteiger partial charge in [-0.25, -0.2) is 13.4 Å². The number of benzene rings is 1. The quantitative estimate of drug-likeness (QED) is 0.521. The number of sulfonamides is 1. The summed E-state index contributed by atoms with van der Waals surface area (Å²) in [5.41, 5.74) is 2.96. The Bertz CT molecular complexity index is 1340. The molecule has 2 saturated heterocycles. The van der Waals surface area contributed by atoms with Crippen LogP contribution >= 0.6 is 22.9 Å². The number of hydrogen-bond acceptors (Lipinski definition) is 8. The van der Waals surface area contributed by atoms with E-state index in [0.29, 0.717) is 36.8 Å². The Morgan fingerprint density at radius 2 is 1.82 bits per heavy atom. The lowest BCUT2D eigenvalue weighted by molar-refractivity contribution is 0.0745. The van der Waals surface area contributed by atoms with Crippen molar-refractivity contribution in [2.45, 2.75) is 44.9 Å². The van der Waals surface area contributed by atoms with E-state index in [4.69, 9.17) is 0 Å². The number of carbonyl (C=O) groups excluding carboxylic acids is 1. The molecule has 34 heavy (non-hydrogen) atoms. The number of carbonyl (C=O) groups is 1. The fraction of sp³-hybridized carbons (Fsp3) is 0.478. The van der Waals surface area contributed by atoms with Gasteiger partial charge in [0.1, 0.15) is 15.6 Å². The van der Waals surface area contributed by atoms with Crippen LogP contribution in [-0.4, -0.2) is 64.3 Å². The Balaban J connectivity index is 1.25. The number of nitrogens with zero attached hydrogens (tertiary/aromatic N) is 5. The lowest BCUT2D eigenvalue weighted by Gasteiger charge is -2.38. The maximum absolute atomic E-state index is 13.3. The molecular weight excluding hydrogens is 490 g/mol. The second-order valence-electron chi connectivity index (χ2n) is 9.38. The van der Waals surface area contributed by atoms with Gasteiger partial charge >= 0.3 is 0 Å². The summed E-state index contributed by atoms with van der Waals surface area (Å²) in [6.07, 6.45) is 2.41. The van der Waals surface area contributed by atoms with Crippen molar-refractivity contribution in [3.8, 4) is 9.88 Å². The van der Waals surface area contributed by atoms with E-state index in [-0.39, 0.29) is 11.3 Å². The third kappa shape index (κ3) is 4.19. The topological polar surface area (TPSA) is 96.4 Å². The van der Waals surface area contributed by atoms with Gasteiger partial charge in [0, 0.05) is 31.6 Å². The zero-order valence-electron chi connectivity index (χ0n) is 19.4. The van der Waals surface area contributed by atoms with E-state index in [1.807, 2.05) is 37.8 Å². The largest absolute Gasteiger partial charge is 0.337 e. The minimum absolute atomic E-state index is 0.0274. The van der Waals surface area contributed by atoms with Gasteiger partial charge in [-0.3, -0.25) is 4.79 Å². The van der Waals surface area contributed by atoms with E-state index in [2.05, 4.69) is 14.6 Å². The first kappa shape index (κ1) is 23.5. The number of aromatic nitrogens is 3. The van der Waals surface area contributed by atoms with Crippen LogP contribution in [0.4, 0.5) is 0 Å². The molecule has 1 aromatic carbocycles. The lowest BCUT2D eigenvalue weighted by atomic mass is 9.78. The number of aryl methyl sites for hydroxylation is 3. The van der Waals surface area contributed by atoms with Gasteiger partial charge in [0.15, 0.2) is 0 Å². The summed E-state index contributed by atoms with van der Waals surface area (Å²) >= 11 is 2.72. The molecule has 2 aliphatic rings. The Morgan fingerprint density at radius 3 is 2.53 bits per heavy atom. The normalized spacial score (nSPS) is 18.6. The summed E-state index contributed by atoms with van der Waals surface area (Å²) in [5.74, 6) is -0.0556. The SMILES string of the molecule is Cc1ccc(C)c(S(=O)(=O)N2CCC3(CCN(C(=O)c4csc(-c5snnc5C)n4)C3)CC2)c1. The number of thiazole rings is 1. The van der Waals surface area contributed by atoms with Crippen LogP contribution in [0.2, 0.25) is 0 Å². The molecule has 2 aromatic heterocycles. The van der Waals surface area contributed by atoms with Gasteiger partial charge < -0.3 is 4.90 Å². The van der Waals surface area contributed by atoms with Crippen LogP contribution in [0.15, 0.2) is 28.5 Å². The number of amides is 1. The van der Waals surface area contributed by atoms with Crippen molar-refractivity contribution >= 4 is 38.8 Å². The van der Waals surface area contributed by atoms with Crippen LogP contribution in [0.3, 0.4) is 0 Å². The van der Waals surface area contributed by atoms with Crippen LogP contribution in [0.25, 0.3) is 9.88 Å². The number of likely N-dealkylation sites (tertiary alicyclic amines) is 1. The van der Waals surface area contributed by atoms with Crippen molar-refractivity contribution in [1.29, 1.82) is 0 Å². The highest BCUT2D eigenvalue weighted by Crippen LogP contribution is 2.42. The Labute approximate surface area is 207 Å². The van der Waals surface area contributed by atoms with E-state index >= 15 is 0 Å². The van der Waals surface area contributed by atoms with Crippen LogP contribution in [0.5, 0.6) is 0 Å². The van der Waals surface area contributed by atoms with Crippen LogP contribution in [0, 0.1) is 26.2 Å². The Morgan fingerprint density at radius 1 is 1.09 bits per heavy atom. The summed E-state index contributed by atoms with van der Waals surface area (Å²) in [6.45, 7) is 7.93. The molecule has 0 N–H and O–H groups in total. The summed E-state index contributed by atoms with van der Waals surface area (Å²) in [6, 6.07) is 5.56. The average molecular weight is 518 g/mol. The molecule has 11 heteroatoms. The van der Waals surface area contributed by atoms with Crippen molar-refractivity contribution < 1.29 is 13.2 Å². The van der Waals surface area contributed by atoms with Crippen molar-refractivity contribution in [3.63, 3.8) is 0 Å². The number of hydrogen-bond donors (Lipinski definition) is 0. The molecule has 5 rings (SSSR count). The molecule has 0 saturated carbocycles. The molecule has 0 radical (unpaired) electrons. The Hall–Kier alpha value is -2.21. The molecule has 0 atom stereocenters. The fourth-order valence-corrected chi connectivity index (χ4v) is 8.24. The van der Waals surface area contributed by atoms with Gasteiger partial charge in [0.05, 0.1) is 10.6 Å². The predicted molar refractivity (Wildman–Crippen MR) is 133 cm³/mol. The van der Waals surface area contributed by atoms with Crippen LogP contribution in [0.1, 0.15) is 46.6 Å². The van der Waals surface area contributed by atoms with E-state index in [0.717, 1.165) is 46.0 Å². The van der Waals surface area contributed by atoms with Crippen LogP contribution < -0.4 is 0 Å². The minimum Gasteiger partial charge on any atom is -0.337 e. The van der Waals surface area contributed by atoms with Gasteiger partial charge in [0.2, 0.25) is 10.0 Å². The molecule has 4 heterocycles. The number of rotatable bonds is 4. The molecule has 180 valence electrons. The molecule has 2 fully saturated rings. The van der Waals surface area contributed by atoms with Crippen molar-refractivity contribution in [2.24, 2.45) is 5.41 Å². The van der Waals surface area contributed by atoms with E-state index < -0.39 is 10.0 Å². The van der Waals surface area contributed by atoms with Gasteiger partial charge in [-0.1, -0.05) is 16.6 Å². The summed E-state index contributed by atoms with van der Waals surface area (Å²) < 4.78 is 32.2. The van der Waals surface area contributed by atoms with Crippen LogP contribution in [-0.2, 0) is 10.0 Å². The minimum atomic E-state index is -3.52. The molecule has 0 unspecified atom stereocenters. The highest BCUT2D eigenvalue weighted by atomic mass is 32.2. The summed E-state index contributed by atoms with van der Waals surface area (Å²) in [5, 5.41) is 6.61. The zero-order chi connectivity index (χ0) is 24.1. The molecule has 3 aromatic rings. The van der Waals surface area contributed by atoms with Gasteiger partial charge in [-0.15, -0.1) is 16.4 Å². The highest BCUT2D eigenvalue weighted by molar-refractivity contribution is 7.89. The molecule has 8 nitrogen and oxygen atoms in total. The third-order valence-electron chi connectivity index (χ3n) is 7.04. The monoisotopic (exact) mass is 517 g/mol. The molecule has 2 aliphatic heterocycles. The molecule has 1 spiro atoms. The number of piperidine rings is 1. The standard InChI is InChI=1S/C23H27N5O3S3/c1-15-4-5-16(2)19(12-15)34(30,31)28-10-7-23(8-11-28)6-9-27(14-23)22(29)18-13-32-21(24-18)20-17(3)25-26-33-20/h4-5,12-13H,6-11,14H2,1-3H3. The fourth-order valence-electron chi connectivity index (χ4n) is 4.91. The Kier molecular flexibility index (Phi) is 6.07. The second-order valence-corrected chi connectivity index (χ2v) is 12.9. The van der Waals surface area contributed by atoms with Gasteiger partial charge in [-0.05, 0) is 74.2 Å². The van der Waals surface area contributed by atoms with Gasteiger partial charge in [0.25, 0.3) is 5.91 Å². The van der Waals surface area contributed by atoms with E-state index in [1.54, 1.807) is 15.8 Å². The predicted octanol–water partition coefficient (Wildman–Crippen LogP) is 3.90. The molecule has 1 amide bonds. The van der Waals surface area contributed by atoms with E-state index in [9.17, 15) is 13.2 Å². The molecule has 0 bridgehead atoms. The van der Waals surface area contributed by atoms with Crippen molar-refractivity contribution in [2.75, 3.05) is 26.2 Å².